The first-order valence-corrected chi connectivity index (χ1v) is 14.5. The van der Waals surface area contributed by atoms with Crippen LogP contribution in [0.4, 0.5) is 5.69 Å². The van der Waals surface area contributed by atoms with Gasteiger partial charge in [-0.15, -0.1) is 21.5 Å². The van der Waals surface area contributed by atoms with Gasteiger partial charge in [0, 0.05) is 34.9 Å². The van der Waals surface area contributed by atoms with Crippen molar-refractivity contribution in [3.05, 3.63) is 86.3 Å². The predicted octanol–water partition coefficient (Wildman–Crippen LogP) is 6.68. The summed E-state index contributed by atoms with van der Waals surface area (Å²) in [7, 11) is 0. The Morgan fingerprint density at radius 3 is 2.46 bits per heavy atom. The minimum Gasteiger partial charge on any atom is -0.370 e. The number of ether oxygens (including phenoxy) is 1. The van der Waals surface area contributed by atoms with Crippen molar-refractivity contribution in [3.8, 4) is 0 Å². The van der Waals surface area contributed by atoms with Crippen molar-refractivity contribution in [1.82, 2.24) is 19.6 Å². The number of non-ortho nitro benzene ring substituents is 1. The van der Waals surface area contributed by atoms with Crippen LogP contribution in [0, 0.1) is 10.1 Å². The van der Waals surface area contributed by atoms with E-state index in [2.05, 4.69) is 40.6 Å². The lowest BCUT2D eigenvalue weighted by Gasteiger charge is -2.30. The molecule has 0 amide bonds. The van der Waals surface area contributed by atoms with Gasteiger partial charge in [-0.05, 0) is 30.5 Å². The van der Waals surface area contributed by atoms with E-state index in [1.54, 1.807) is 47.0 Å². The third-order valence-corrected chi connectivity index (χ3v) is 9.35. The summed E-state index contributed by atoms with van der Waals surface area (Å²) in [4.78, 5) is 17.9. The van der Waals surface area contributed by atoms with Gasteiger partial charge in [-0.1, -0.05) is 66.0 Å². The number of thioether (sulfide) groups is 2. The van der Waals surface area contributed by atoms with Gasteiger partial charge in [0.1, 0.15) is 4.83 Å². The van der Waals surface area contributed by atoms with Crippen molar-refractivity contribution < 1.29 is 9.66 Å². The Balaban J connectivity index is 1.40. The standard InChI is InChI=1S/C26H23N5O3S3/c1-26(2)12-19-20(13-34-26)37-23-21(19)22-28-29-25(36-15-17-8-10-18(11-9-17)31(32)33)30(22)24(27-23)35-14-16-6-4-3-5-7-16/h3-11H,12-15H2,1-2H3. The zero-order chi connectivity index (χ0) is 25.6. The van der Waals surface area contributed by atoms with Crippen LogP contribution >= 0.6 is 34.9 Å². The molecule has 0 bridgehead atoms. The Morgan fingerprint density at radius 1 is 1.03 bits per heavy atom. The van der Waals surface area contributed by atoms with Crippen LogP contribution in [0.1, 0.15) is 35.4 Å². The number of aromatic nitrogens is 4. The van der Waals surface area contributed by atoms with Crippen LogP contribution in [0.5, 0.6) is 0 Å². The monoisotopic (exact) mass is 549 g/mol. The molecule has 3 aromatic heterocycles. The maximum Gasteiger partial charge on any atom is 0.269 e. The van der Waals surface area contributed by atoms with Gasteiger partial charge >= 0.3 is 0 Å². The molecule has 1 aliphatic heterocycles. The van der Waals surface area contributed by atoms with Gasteiger partial charge in [0.25, 0.3) is 5.69 Å². The lowest BCUT2D eigenvalue weighted by molar-refractivity contribution is -0.384. The van der Waals surface area contributed by atoms with E-state index in [-0.39, 0.29) is 16.2 Å². The zero-order valence-corrected chi connectivity index (χ0v) is 22.7. The molecule has 0 atom stereocenters. The van der Waals surface area contributed by atoms with E-state index in [0.29, 0.717) is 12.4 Å². The molecular weight excluding hydrogens is 527 g/mol. The van der Waals surface area contributed by atoms with E-state index >= 15 is 0 Å². The second-order valence-corrected chi connectivity index (χ2v) is 12.4. The summed E-state index contributed by atoms with van der Waals surface area (Å²) >= 11 is 4.90. The Bertz CT molecular complexity index is 1610. The maximum absolute atomic E-state index is 11.0. The van der Waals surface area contributed by atoms with E-state index in [4.69, 9.17) is 9.72 Å². The number of hydrogen-bond acceptors (Lipinski definition) is 9. The van der Waals surface area contributed by atoms with Gasteiger partial charge in [0.2, 0.25) is 0 Å². The Labute approximate surface area is 225 Å². The summed E-state index contributed by atoms with van der Waals surface area (Å²) < 4.78 is 8.14. The fourth-order valence-electron chi connectivity index (χ4n) is 4.36. The zero-order valence-electron chi connectivity index (χ0n) is 20.2. The first-order valence-electron chi connectivity index (χ1n) is 11.7. The molecule has 0 fully saturated rings. The highest BCUT2D eigenvalue weighted by Gasteiger charge is 2.31. The quantitative estimate of drug-likeness (QED) is 0.0960. The molecule has 6 rings (SSSR count). The van der Waals surface area contributed by atoms with E-state index in [1.807, 2.05) is 18.2 Å². The number of nitro groups is 1. The lowest BCUT2D eigenvalue weighted by Crippen LogP contribution is -2.31. The number of thiophene rings is 1. The maximum atomic E-state index is 11.0. The predicted molar refractivity (Wildman–Crippen MR) is 147 cm³/mol. The molecule has 0 aliphatic carbocycles. The third kappa shape index (κ3) is 4.84. The van der Waals surface area contributed by atoms with Crippen LogP contribution in [-0.2, 0) is 29.3 Å². The molecule has 0 saturated carbocycles. The van der Waals surface area contributed by atoms with Crippen LogP contribution in [0.3, 0.4) is 0 Å². The topological polar surface area (TPSA) is 95.5 Å². The largest absolute Gasteiger partial charge is 0.370 e. The molecule has 37 heavy (non-hydrogen) atoms. The Hall–Kier alpha value is -2.99. The molecule has 8 nitrogen and oxygen atoms in total. The smallest absolute Gasteiger partial charge is 0.269 e. The van der Waals surface area contributed by atoms with Crippen molar-refractivity contribution in [2.45, 2.75) is 54.3 Å². The van der Waals surface area contributed by atoms with E-state index in [9.17, 15) is 10.1 Å². The molecule has 0 N–H and O–H groups in total. The van der Waals surface area contributed by atoms with E-state index in [0.717, 1.165) is 43.9 Å². The molecule has 4 heterocycles. The molecule has 0 unspecified atom stereocenters. The van der Waals surface area contributed by atoms with Crippen molar-refractivity contribution in [1.29, 1.82) is 0 Å². The number of nitrogens with zero attached hydrogens (tertiary/aromatic N) is 5. The first-order chi connectivity index (χ1) is 17.9. The van der Waals surface area contributed by atoms with Crippen molar-refractivity contribution in [3.63, 3.8) is 0 Å². The second kappa shape index (κ2) is 9.71. The second-order valence-electron chi connectivity index (χ2n) is 9.43. The summed E-state index contributed by atoms with van der Waals surface area (Å²) in [6.45, 7) is 4.81. The summed E-state index contributed by atoms with van der Waals surface area (Å²) in [5.41, 5.74) is 4.12. The summed E-state index contributed by atoms with van der Waals surface area (Å²) in [6.07, 6.45) is 0.800. The van der Waals surface area contributed by atoms with Crippen molar-refractivity contribution in [2.75, 3.05) is 0 Å². The molecule has 1 aliphatic rings. The minimum atomic E-state index is -0.385. The van der Waals surface area contributed by atoms with Crippen molar-refractivity contribution >= 4 is 56.4 Å². The van der Waals surface area contributed by atoms with E-state index in [1.165, 1.54) is 28.1 Å². The fourth-order valence-corrected chi connectivity index (χ4v) is 7.41. The SMILES string of the molecule is CC1(C)Cc2c(sc3nc(SCc4ccccc4)n4c(SCc5ccc([N+](=O)[O-])cc5)nnc4c23)CO1. The molecular formula is C26H23N5O3S3. The van der Waals surface area contributed by atoms with Gasteiger partial charge in [0.05, 0.1) is 22.5 Å². The Kier molecular flexibility index (Phi) is 6.39. The van der Waals surface area contributed by atoms with Gasteiger partial charge in [0.15, 0.2) is 16.0 Å². The van der Waals surface area contributed by atoms with Crippen LogP contribution < -0.4 is 0 Å². The van der Waals surface area contributed by atoms with Crippen molar-refractivity contribution in [2.24, 2.45) is 0 Å². The molecule has 5 aromatic rings. The fraction of sp³-hybridized carbons (Fsp3) is 0.269. The van der Waals surface area contributed by atoms with E-state index < -0.39 is 0 Å². The number of hydrogen-bond donors (Lipinski definition) is 0. The molecule has 2 aromatic carbocycles. The molecule has 11 heteroatoms. The molecule has 0 spiro atoms. The average Bonchev–Trinajstić information content (AvgIpc) is 3.47. The third-order valence-electron chi connectivity index (χ3n) is 6.24. The highest BCUT2D eigenvalue weighted by molar-refractivity contribution is 7.99. The molecule has 188 valence electrons. The lowest BCUT2D eigenvalue weighted by atomic mass is 9.94. The Morgan fingerprint density at radius 2 is 1.73 bits per heavy atom. The van der Waals surface area contributed by atoms with Crippen LogP contribution in [0.15, 0.2) is 64.9 Å². The first kappa shape index (κ1) is 24.4. The molecule has 0 saturated heterocycles. The van der Waals surface area contributed by atoms with Gasteiger partial charge < -0.3 is 4.74 Å². The number of benzene rings is 2. The van der Waals surface area contributed by atoms with Crippen LogP contribution in [0.2, 0.25) is 0 Å². The summed E-state index contributed by atoms with van der Waals surface area (Å²) in [5, 5.41) is 22.9. The van der Waals surface area contributed by atoms with Gasteiger partial charge in [-0.2, -0.15) is 0 Å². The highest BCUT2D eigenvalue weighted by atomic mass is 32.2. The summed E-state index contributed by atoms with van der Waals surface area (Å²) in [6, 6.07) is 17.0. The summed E-state index contributed by atoms with van der Waals surface area (Å²) in [5.74, 6) is 1.39. The average molecular weight is 550 g/mol. The van der Waals surface area contributed by atoms with Crippen LogP contribution in [0.25, 0.3) is 15.9 Å². The van der Waals surface area contributed by atoms with Gasteiger partial charge in [-0.25, -0.2) is 9.38 Å². The highest BCUT2D eigenvalue weighted by Crippen LogP contribution is 2.42. The normalized spacial score (nSPS) is 14.8. The van der Waals surface area contributed by atoms with Crippen LogP contribution in [-0.4, -0.2) is 30.1 Å². The number of rotatable bonds is 7. The van der Waals surface area contributed by atoms with Gasteiger partial charge in [-0.3, -0.25) is 10.1 Å². The number of fused-ring (bicyclic) bond motifs is 5. The number of nitro benzene ring substituents is 1. The minimum absolute atomic E-state index is 0.0852. The molecule has 0 radical (unpaired) electrons.